The molecule has 0 bridgehead atoms. The lowest BCUT2D eigenvalue weighted by Crippen LogP contribution is -2.33. The van der Waals surface area contributed by atoms with Crippen molar-refractivity contribution in [2.45, 2.75) is 24.6 Å². The monoisotopic (exact) mass is 440 g/mol. The Hall–Kier alpha value is -2.21. The summed E-state index contributed by atoms with van der Waals surface area (Å²) in [5.41, 5.74) is 5.18. The molecule has 0 fully saturated rings. The molecule has 2 N–H and O–H groups in total. The maximum atomic E-state index is 12.2. The second-order valence-electron chi connectivity index (χ2n) is 7.40. The van der Waals surface area contributed by atoms with Gasteiger partial charge in [-0.3, -0.25) is 0 Å². The van der Waals surface area contributed by atoms with Crippen molar-refractivity contribution in [2.75, 3.05) is 19.4 Å². The Kier molecular flexibility index (Phi) is 6.82. The molecule has 0 radical (unpaired) electrons. The minimum Gasteiger partial charge on any atom is -0.465 e. The molecule has 0 saturated carbocycles. The van der Waals surface area contributed by atoms with E-state index in [2.05, 4.69) is 46.7 Å². The predicted octanol–water partition coefficient (Wildman–Crippen LogP) is 5.68. The number of hydrogen-bond donors (Lipinski definition) is 2. The van der Waals surface area contributed by atoms with Crippen molar-refractivity contribution in [1.29, 1.82) is 0 Å². The second-order valence-corrected chi connectivity index (χ2v) is 8.91. The molecule has 2 aromatic carbocycles. The molecule has 1 atom stereocenters. The van der Waals surface area contributed by atoms with E-state index < -0.39 is 0 Å². The molecule has 3 aromatic rings. The molecule has 1 aliphatic rings. The molecule has 6 heteroatoms. The number of rotatable bonds is 7. The summed E-state index contributed by atoms with van der Waals surface area (Å²) in [6.07, 6.45) is 6.40. The Morgan fingerprint density at radius 1 is 1.23 bits per heavy atom. The van der Waals surface area contributed by atoms with Crippen LogP contribution in [-0.2, 0) is 10.5 Å². The van der Waals surface area contributed by atoms with Crippen LogP contribution in [0.5, 0.6) is 0 Å². The highest BCUT2D eigenvalue weighted by atomic mass is 35.5. The first-order chi connectivity index (χ1) is 14.7. The van der Waals surface area contributed by atoms with Crippen molar-refractivity contribution in [1.82, 2.24) is 10.3 Å². The van der Waals surface area contributed by atoms with E-state index in [9.17, 15) is 4.79 Å². The minimum atomic E-state index is -0.339. The summed E-state index contributed by atoms with van der Waals surface area (Å²) in [7, 11) is 1.40. The summed E-state index contributed by atoms with van der Waals surface area (Å²) < 4.78 is 4.94. The fraction of sp³-hybridized carbons (Fsp3) is 0.292. The van der Waals surface area contributed by atoms with Gasteiger partial charge < -0.3 is 15.0 Å². The van der Waals surface area contributed by atoms with E-state index in [0.29, 0.717) is 16.6 Å². The molecule has 0 spiro atoms. The molecule has 0 aliphatic carbocycles. The lowest BCUT2D eigenvalue weighted by Gasteiger charge is -2.24. The second kappa shape index (κ2) is 9.73. The molecule has 4 rings (SSSR count). The highest BCUT2D eigenvalue weighted by Crippen LogP contribution is 2.32. The fourth-order valence-electron chi connectivity index (χ4n) is 3.95. The third-order valence-electron chi connectivity index (χ3n) is 5.51. The van der Waals surface area contributed by atoms with E-state index in [1.54, 1.807) is 12.1 Å². The lowest BCUT2D eigenvalue weighted by molar-refractivity contribution is 0.0603. The molecular weight excluding hydrogens is 416 g/mol. The highest BCUT2D eigenvalue weighted by Gasteiger charge is 2.18. The number of carbonyl (C=O) groups excluding carboxylic acids is 1. The van der Waals surface area contributed by atoms with Gasteiger partial charge in [0.05, 0.1) is 23.2 Å². The third kappa shape index (κ3) is 4.59. The van der Waals surface area contributed by atoms with Crippen LogP contribution in [0.1, 0.15) is 34.3 Å². The SMILES string of the molecule is COC(=O)c1ccc(Cl)c2[nH]cc(CSCCC3CC(c4ccccc4)=CCN3)c12. The molecular formula is C24H25ClN2O2S. The third-order valence-corrected chi connectivity index (χ3v) is 6.86. The summed E-state index contributed by atoms with van der Waals surface area (Å²) in [5.74, 6) is 1.52. The Balaban J connectivity index is 1.36. The minimum absolute atomic E-state index is 0.339. The summed E-state index contributed by atoms with van der Waals surface area (Å²) in [4.78, 5) is 15.4. The molecule has 0 saturated heterocycles. The van der Waals surface area contributed by atoms with Gasteiger partial charge in [-0.25, -0.2) is 4.79 Å². The van der Waals surface area contributed by atoms with E-state index >= 15 is 0 Å². The number of benzene rings is 2. The maximum absolute atomic E-state index is 12.2. The zero-order valence-corrected chi connectivity index (χ0v) is 18.5. The molecule has 2 heterocycles. The van der Waals surface area contributed by atoms with Gasteiger partial charge in [0.25, 0.3) is 0 Å². The van der Waals surface area contributed by atoms with Crippen molar-refractivity contribution >= 4 is 45.8 Å². The van der Waals surface area contributed by atoms with E-state index in [0.717, 1.165) is 47.4 Å². The summed E-state index contributed by atoms with van der Waals surface area (Å²) in [5, 5.41) is 5.09. The van der Waals surface area contributed by atoms with Gasteiger partial charge in [0.15, 0.2) is 0 Å². The Morgan fingerprint density at radius 3 is 2.87 bits per heavy atom. The Labute approximate surface area is 186 Å². The van der Waals surface area contributed by atoms with Crippen LogP contribution in [0.2, 0.25) is 5.02 Å². The molecule has 30 heavy (non-hydrogen) atoms. The van der Waals surface area contributed by atoms with Crippen molar-refractivity contribution in [3.05, 3.63) is 76.5 Å². The number of nitrogens with one attached hydrogen (secondary N) is 2. The van der Waals surface area contributed by atoms with E-state index in [1.165, 1.54) is 18.2 Å². The van der Waals surface area contributed by atoms with Gasteiger partial charge in [-0.2, -0.15) is 11.8 Å². The zero-order valence-electron chi connectivity index (χ0n) is 16.9. The van der Waals surface area contributed by atoms with Crippen LogP contribution in [0.3, 0.4) is 0 Å². The number of esters is 1. The Bertz CT molecular complexity index is 1060. The number of aromatic amines is 1. The largest absolute Gasteiger partial charge is 0.465 e. The molecule has 4 nitrogen and oxygen atoms in total. The smallest absolute Gasteiger partial charge is 0.338 e. The standard InChI is InChI=1S/C24H25ClN2O2S/c1-29-24(28)20-7-8-21(25)23-22(20)18(14-27-23)15-30-12-10-19-13-17(9-11-26-19)16-5-3-2-4-6-16/h2-9,14,19,26-27H,10-13,15H2,1H3. The number of ether oxygens (including phenoxy) is 1. The van der Waals surface area contributed by atoms with Gasteiger partial charge in [-0.15, -0.1) is 0 Å². The lowest BCUT2D eigenvalue weighted by atomic mass is 9.94. The average molecular weight is 441 g/mol. The summed E-state index contributed by atoms with van der Waals surface area (Å²) in [6.45, 7) is 0.920. The van der Waals surface area contributed by atoms with Crippen LogP contribution in [0.15, 0.2) is 54.7 Å². The number of H-pyrrole nitrogens is 1. The van der Waals surface area contributed by atoms with Crippen LogP contribution in [-0.4, -0.2) is 36.4 Å². The van der Waals surface area contributed by atoms with Gasteiger partial charge in [-0.1, -0.05) is 48.0 Å². The number of fused-ring (bicyclic) bond motifs is 1. The molecule has 1 unspecified atom stereocenters. The zero-order chi connectivity index (χ0) is 20.9. The molecule has 1 aliphatic heterocycles. The van der Waals surface area contributed by atoms with E-state index in [4.69, 9.17) is 16.3 Å². The molecule has 0 amide bonds. The van der Waals surface area contributed by atoms with E-state index in [-0.39, 0.29) is 5.97 Å². The number of aromatic nitrogens is 1. The fourth-order valence-corrected chi connectivity index (χ4v) is 5.20. The predicted molar refractivity (Wildman–Crippen MR) is 126 cm³/mol. The Morgan fingerprint density at radius 2 is 2.07 bits per heavy atom. The van der Waals surface area contributed by atoms with Crippen LogP contribution in [0, 0.1) is 0 Å². The number of carbonyl (C=O) groups is 1. The summed E-state index contributed by atoms with van der Waals surface area (Å²) >= 11 is 8.19. The van der Waals surface area contributed by atoms with E-state index in [1.807, 2.05) is 18.0 Å². The number of thioether (sulfide) groups is 1. The van der Waals surface area contributed by atoms with Crippen molar-refractivity contribution in [3.63, 3.8) is 0 Å². The first kappa shape index (κ1) is 21.0. The van der Waals surface area contributed by atoms with Crippen LogP contribution in [0.25, 0.3) is 16.5 Å². The van der Waals surface area contributed by atoms with Crippen LogP contribution < -0.4 is 5.32 Å². The normalized spacial score (nSPS) is 16.5. The first-order valence-electron chi connectivity index (χ1n) is 10.1. The average Bonchev–Trinajstić information content (AvgIpc) is 3.22. The first-order valence-corrected chi connectivity index (χ1v) is 11.6. The van der Waals surface area contributed by atoms with Gasteiger partial charge in [0.1, 0.15) is 0 Å². The van der Waals surface area contributed by atoms with Crippen molar-refractivity contribution in [3.8, 4) is 0 Å². The topological polar surface area (TPSA) is 54.1 Å². The molecule has 1 aromatic heterocycles. The van der Waals surface area contributed by atoms with Crippen molar-refractivity contribution in [2.24, 2.45) is 0 Å². The maximum Gasteiger partial charge on any atom is 0.338 e. The quantitative estimate of drug-likeness (QED) is 0.366. The van der Waals surface area contributed by atoms with Gasteiger partial charge in [-0.05, 0) is 47.4 Å². The van der Waals surface area contributed by atoms with Gasteiger partial charge >= 0.3 is 5.97 Å². The number of halogens is 1. The number of hydrogen-bond acceptors (Lipinski definition) is 4. The molecule has 156 valence electrons. The summed E-state index contributed by atoms with van der Waals surface area (Å²) in [6, 6.07) is 14.6. The number of methoxy groups -OCH3 is 1. The van der Waals surface area contributed by atoms with Gasteiger partial charge in [0.2, 0.25) is 0 Å². The van der Waals surface area contributed by atoms with Crippen LogP contribution in [0.4, 0.5) is 0 Å². The van der Waals surface area contributed by atoms with Crippen molar-refractivity contribution < 1.29 is 9.53 Å². The van der Waals surface area contributed by atoms with Crippen LogP contribution >= 0.6 is 23.4 Å². The van der Waals surface area contributed by atoms with Gasteiger partial charge in [0, 0.05) is 29.9 Å². The highest BCUT2D eigenvalue weighted by molar-refractivity contribution is 7.98.